The molecular formula is C8H8Cl2N2O. The summed E-state index contributed by atoms with van der Waals surface area (Å²) in [5, 5.41) is 0.781. The zero-order valence-electron chi connectivity index (χ0n) is 6.83. The Morgan fingerprint density at radius 2 is 2.00 bits per heavy atom. The minimum Gasteiger partial charge on any atom is -0.381 e. The standard InChI is InChI=1S/C8H8Cl2N2O/c9-6-3-7(10)12-8(11-6)5-1-2-13-4-5/h3,5H,1-2,4H2/t5-/m0/s1. The SMILES string of the molecule is Clc1cc(Cl)nc([C@H]2CCOC2)n1. The first-order chi connectivity index (χ1) is 6.25. The van der Waals surface area contributed by atoms with Crippen LogP contribution in [-0.2, 0) is 4.74 Å². The van der Waals surface area contributed by atoms with E-state index in [2.05, 4.69) is 9.97 Å². The normalized spacial score (nSPS) is 22.2. The van der Waals surface area contributed by atoms with Crippen molar-refractivity contribution in [3.05, 3.63) is 22.2 Å². The Morgan fingerprint density at radius 1 is 1.31 bits per heavy atom. The van der Waals surface area contributed by atoms with Crippen molar-refractivity contribution >= 4 is 23.2 Å². The van der Waals surface area contributed by atoms with Gasteiger partial charge in [-0.1, -0.05) is 23.2 Å². The molecule has 0 saturated carbocycles. The molecular weight excluding hydrogens is 211 g/mol. The first-order valence-electron chi connectivity index (χ1n) is 4.03. The first-order valence-corrected chi connectivity index (χ1v) is 4.79. The van der Waals surface area contributed by atoms with Crippen molar-refractivity contribution in [2.45, 2.75) is 12.3 Å². The summed E-state index contributed by atoms with van der Waals surface area (Å²) in [6, 6.07) is 1.53. The molecule has 3 nitrogen and oxygen atoms in total. The van der Waals surface area contributed by atoms with E-state index in [9.17, 15) is 0 Å². The summed E-state index contributed by atoms with van der Waals surface area (Å²) in [6.07, 6.45) is 0.941. The van der Waals surface area contributed by atoms with Crippen molar-refractivity contribution in [3.8, 4) is 0 Å². The van der Waals surface area contributed by atoms with Gasteiger partial charge >= 0.3 is 0 Å². The van der Waals surface area contributed by atoms with Gasteiger partial charge in [-0.25, -0.2) is 9.97 Å². The maximum Gasteiger partial charge on any atom is 0.137 e. The highest BCUT2D eigenvalue weighted by molar-refractivity contribution is 6.33. The summed E-state index contributed by atoms with van der Waals surface area (Å²) >= 11 is 11.5. The number of hydrogen-bond donors (Lipinski definition) is 0. The van der Waals surface area contributed by atoms with Crippen molar-refractivity contribution in [2.24, 2.45) is 0 Å². The van der Waals surface area contributed by atoms with Gasteiger partial charge in [0.15, 0.2) is 0 Å². The lowest BCUT2D eigenvalue weighted by atomic mass is 10.1. The predicted molar refractivity (Wildman–Crippen MR) is 50.2 cm³/mol. The van der Waals surface area contributed by atoms with Crippen LogP contribution in [0.1, 0.15) is 18.2 Å². The van der Waals surface area contributed by atoms with Gasteiger partial charge in [-0.15, -0.1) is 0 Å². The maximum absolute atomic E-state index is 5.75. The van der Waals surface area contributed by atoms with E-state index in [0.717, 1.165) is 13.0 Å². The van der Waals surface area contributed by atoms with Gasteiger partial charge in [0.1, 0.15) is 16.1 Å². The number of nitrogens with zero attached hydrogens (tertiary/aromatic N) is 2. The average molecular weight is 219 g/mol. The van der Waals surface area contributed by atoms with Crippen molar-refractivity contribution in [2.75, 3.05) is 13.2 Å². The third-order valence-corrected chi connectivity index (χ3v) is 2.36. The molecule has 1 atom stereocenters. The van der Waals surface area contributed by atoms with E-state index in [1.165, 1.54) is 6.07 Å². The Bertz CT molecular complexity index is 293. The molecule has 13 heavy (non-hydrogen) atoms. The van der Waals surface area contributed by atoms with Crippen molar-refractivity contribution in [3.63, 3.8) is 0 Å². The molecule has 0 aromatic carbocycles. The third kappa shape index (κ3) is 2.10. The van der Waals surface area contributed by atoms with Crippen LogP contribution in [0.25, 0.3) is 0 Å². The second kappa shape index (κ2) is 3.78. The lowest BCUT2D eigenvalue weighted by Crippen LogP contribution is -2.04. The number of halogens is 2. The summed E-state index contributed by atoms with van der Waals surface area (Å²) in [7, 11) is 0. The van der Waals surface area contributed by atoms with Gasteiger partial charge in [-0.2, -0.15) is 0 Å². The topological polar surface area (TPSA) is 35.0 Å². The zero-order valence-corrected chi connectivity index (χ0v) is 8.35. The van der Waals surface area contributed by atoms with Gasteiger partial charge in [0.05, 0.1) is 6.61 Å². The predicted octanol–water partition coefficient (Wildman–Crippen LogP) is 2.29. The number of aromatic nitrogens is 2. The monoisotopic (exact) mass is 218 g/mol. The van der Waals surface area contributed by atoms with Gasteiger partial charge in [-0.3, -0.25) is 0 Å². The Hall–Kier alpha value is -0.380. The molecule has 0 bridgehead atoms. The van der Waals surface area contributed by atoms with Crippen LogP contribution < -0.4 is 0 Å². The minimum absolute atomic E-state index is 0.246. The summed E-state index contributed by atoms with van der Waals surface area (Å²) < 4.78 is 5.23. The quantitative estimate of drug-likeness (QED) is 0.679. The fraction of sp³-hybridized carbons (Fsp3) is 0.500. The van der Waals surface area contributed by atoms with Crippen molar-refractivity contribution in [1.82, 2.24) is 9.97 Å². The minimum atomic E-state index is 0.246. The zero-order chi connectivity index (χ0) is 9.26. The molecule has 1 aromatic rings. The van der Waals surface area contributed by atoms with E-state index in [0.29, 0.717) is 22.7 Å². The number of rotatable bonds is 1. The van der Waals surface area contributed by atoms with Crippen molar-refractivity contribution in [1.29, 1.82) is 0 Å². The van der Waals surface area contributed by atoms with Crippen LogP contribution >= 0.6 is 23.2 Å². The lowest BCUT2D eigenvalue weighted by Gasteiger charge is -2.05. The molecule has 1 aliphatic heterocycles. The molecule has 2 heterocycles. The molecule has 70 valence electrons. The summed E-state index contributed by atoms with van der Waals surface area (Å²) in [5.41, 5.74) is 0. The van der Waals surface area contributed by atoms with E-state index in [1.54, 1.807) is 0 Å². The highest BCUT2D eigenvalue weighted by atomic mass is 35.5. The molecule has 0 radical (unpaired) electrons. The smallest absolute Gasteiger partial charge is 0.137 e. The van der Waals surface area contributed by atoms with Crippen LogP contribution in [0, 0.1) is 0 Å². The fourth-order valence-corrected chi connectivity index (χ4v) is 1.76. The van der Waals surface area contributed by atoms with E-state index >= 15 is 0 Å². The highest BCUT2D eigenvalue weighted by Gasteiger charge is 2.21. The van der Waals surface area contributed by atoms with Crippen LogP contribution in [-0.4, -0.2) is 23.2 Å². The highest BCUT2D eigenvalue weighted by Crippen LogP contribution is 2.24. The molecule has 0 spiro atoms. The largest absolute Gasteiger partial charge is 0.381 e. The van der Waals surface area contributed by atoms with Gasteiger partial charge < -0.3 is 4.74 Å². The van der Waals surface area contributed by atoms with E-state index in [-0.39, 0.29) is 5.92 Å². The molecule has 0 amide bonds. The number of ether oxygens (including phenoxy) is 1. The molecule has 1 aliphatic rings. The van der Waals surface area contributed by atoms with Crippen LogP contribution in [0.2, 0.25) is 10.3 Å². The molecule has 1 saturated heterocycles. The average Bonchev–Trinajstić information content (AvgIpc) is 2.53. The molecule has 5 heteroatoms. The van der Waals surface area contributed by atoms with Gasteiger partial charge in [0, 0.05) is 18.6 Å². The molecule has 0 N–H and O–H groups in total. The van der Waals surface area contributed by atoms with Crippen LogP contribution in [0.5, 0.6) is 0 Å². The van der Waals surface area contributed by atoms with E-state index in [4.69, 9.17) is 27.9 Å². The lowest BCUT2D eigenvalue weighted by molar-refractivity contribution is 0.193. The fourth-order valence-electron chi connectivity index (χ4n) is 1.33. The van der Waals surface area contributed by atoms with E-state index in [1.807, 2.05) is 0 Å². The number of hydrogen-bond acceptors (Lipinski definition) is 3. The maximum atomic E-state index is 5.75. The summed E-state index contributed by atoms with van der Waals surface area (Å²) in [4.78, 5) is 8.21. The molecule has 0 unspecified atom stereocenters. The Morgan fingerprint density at radius 3 is 2.54 bits per heavy atom. The van der Waals surface area contributed by atoms with Crippen LogP contribution in [0.3, 0.4) is 0 Å². The Kier molecular flexibility index (Phi) is 2.67. The molecule has 0 aliphatic carbocycles. The Labute approximate surface area is 86.0 Å². The summed E-state index contributed by atoms with van der Waals surface area (Å²) in [6.45, 7) is 1.43. The van der Waals surface area contributed by atoms with Crippen LogP contribution in [0.4, 0.5) is 0 Å². The van der Waals surface area contributed by atoms with Crippen molar-refractivity contribution < 1.29 is 4.74 Å². The Balaban J connectivity index is 2.28. The van der Waals surface area contributed by atoms with Gasteiger partial charge in [-0.05, 0) is 6.42 Å². The van der Waals surface area contributed by atoms with E-state index < -0.39 is 0 Å². The van der Waals surface area contributed by atoms with Crippen LogP contribution in [0.15, 0.2) is 6.07 Å². The summed E-state index contributed by atoms with van der Waals surface area (Å²) in [5.74, 6) is 0.936. The molecule has 1 fully saturated rings. The second-order valence-electron chi connectivity index (χ2n) is 2.93. The first kappa shape index (κ1) is 9.19. The third-order valence-electron chi connectivity index (χ3n) is 1.98. The van der Waals surface area contributed by atoms with Gasteiger partial charge in [0.25, 0.3) is 0 Å². The van der Waals surface area contributed by atoms with Gasteiger partial charge in [0.2, 0.25) is 0 Å². The molecule has 2 rings (SSSR count). The second-order valence-corrected chi connectivity index (χ2v) is 3.71. The molecule has 1 aromatic heterocycles.